The Bertz CT molecular complexity index is 782. The van der Waals surface area contributed by atoms with Gasteiger partial charge in [0.25, 0.3) is 5.91 Å². The molecule has 5 heteroatoms. The van der Waals surface area contributed by atoms with Crippen LogP contribution in [0, 0.1) is 0 Å². The minimum Gasteiger partial charge on any atom is -0.394 e. The zero-order chi connectivity index (χ0) is 19.3. The van der Waals surface area contributed by atoms with E-state index in [0.29, 0.717) is 5.56 Å². The van der Waals surface area contributed by atoms with E-state index >= 15 is 0 Å². The molecule has 0 saturated heterocycles. The molecule has 0 heterocycles. The van der Waals surface area contributed by atoms with Gasteiger partial charge in [0, 0.05) is 12.5 Å². The van der Waals surface area contributed by atoms with Crippen molar-refractivity contribution in [1.29, 1.82) is 0 Å². The van der Waals surface area contributed by atoms with Gasteiger partial charge in [-0.2, -0.15) is 0 Å². The van der Waals surface area contributed by atoms with Gasteiger partial charge in [-0.15, -0.1) is 0 Å². The van der Waals surface area contributed by atoms with Gasteiger partial charge in [-0.3, -0.25) is 9.59 Å². The van der Waals surface area contributed by atoms with Crippen LogP contribution in [-0.2, 0) is 4.79 Å². The summed E-state index contributed by atoms with van der Waals surface area (Å²) in [6.07, 6.45) is 0. The van der Waals surface area contributed by atoms with Crippen LogP contribution in [0.5, 0.6) is 0 Å². The summed E-state index contributed by atoms with van der Waals surface area (Å²) >= 11 is 0. The van der Waals surface area contributed by atoms with Crippen LogP contribution < -0.4 is 10.6 Å². The molecule has 1 atom stereocenters. The van der Waals surface area contributed by atoms with Gasteiger partial charge in [0.05, 0.1) is 18.2 Å². The SMILES string of the molecule is CC(=O)NC(C)c1ccc(-c2cccc(C(=O)NC(C)(C)CO)c2)cc1. The van der Waals surface area contributed by atoms with E-state index in [1.165, 1.54) is 6.92 Å². The fraction of sp³-hybridized carbons (Fsp3) is 0.333. The van der Waals surface area contributed by atoms with Crippen LogP contribution >= 0.6 is 0 Å². The molecule has 2 amide bonds. The second kappa shape index (κ2) is 8.15. The van der Waals surface area contributed by atoms with Gasteiger partial charge in [0.1, 0.15) is 0 Å². The summed E-state index contributed by atoms with van der Waals surface area (Å²) in [4.78, 5) is 23.6. The largest absolute Gasteiger partial charge is 0.394 e. The average molecular weight is 354 g/mol. The highest BCUT2D eigenvalue weighted by atomic mass is 16.3. The highest BCUT2D eigenvalue weighted by molar-refractivity contribution is 5.95. The maximum Gasteiger partial charge on any atom is 0.251 e. The number of amides is 2. The van der Waals surface area contributed by atoms with Gasteiger partial charge in [-0.1, -0.05) is 36.4 Å². The summed E-state index contributed by atoms with van der Waals surface area (Å²) in [5.74, 6) is -0.284. The number of nitrogens with one attached hydrogen (secondary N) is 2. The third-order valence-corrected chi connectivity index (χ3v) is 4.14. The van der Waals surface area contributed by atoms with Gasteiger partial charge >= 0.3 is 0 Å². The second-order valence-corrected chi connectivity index (χ2v) is 7.12. The summed E-state index contributed by atoms with van der Waals surface area (Å²) in [7, 11) is 0. The van der Waals surface area contributed by atoms with Crippen LogP contribution in [0.25, 0.3) is 11.1 Å². The molecule has 2 aromatic carbocycles. The van der Waals surface area contributed by atoms with E-state index in [4.69, 9.17) is 0 Å². The van der Waals surface area contributed by atoms with Crippen molar-refractivity contribution < 1.29 is 14.7 Å². The molecule has 0 saturated carbocycles. The second-order valence-electron chi connectivity index (χ2n) is 7.12. The predicted molar refractivity (Wildman–Crippen MR) is 103 cm³/mol. The molecule has 2 aromatic rings. The molecule has 5 nitrogen and oxygen atoms in total. The summed E-state index contributed by atoms with van der Waals surface area (Å²) in [6.45, 7) is 6.84. The first kappa shape index (κ1) is 19.7. The monoisotopic (exact) mass is 354 g/mol. The van der Waals surface area contributed by atoms with Crippen LogP contribution in [0.2, 0.25) is 0 Å². The molecule has 1 unspecified atom stereocenters. The van der Waals surface area contributed by atoms with Gasteiger partial charge in [0.15, 0.2) is 0 Å². The number of aliphatic hydroxyl groups is 1. The Hall–Kier alpha value is -2.66. The third-order valence-electron chi connectivity index (χ3n) is 4.14. The molecule has 2 rings (SSSR count). The lowest BCUT2D eigenvalue weighted by Gasteiger charge is -2.23. The van der Waals surface area contributed by atoms with Crippen molar-refractivity contribution in [3.63, 3.8) is 0 Å². The Morgan fingerprint density at radius 3 is 2.31 bits per heavy atom. The first-order valence-corrected chi connectivity index (χ1v) is 8.63. The van der Waals surface area contributed by atoms with E-state index in [0.717, 1.165) is 16.7 Å². The number of hydrogen-bond donors (Lipinski definition) is 3. The van der Waals surface area contributed by atoms with Crippen LogP contribution in [0.1, 0.15) is 49.7 Å². The highest BCUT2D eigenvalue weighted by Crippen LogP contribution is 2.23. The Morgan fingerprint density at radius 1 is 1.08 bits per heavy atom. The molecule has 0 spiro atoms. The quantitative estimate of drug-likeness (QED) is 0.746. The van der Waals surface area contributed by atoms with E-state index in [9.17, 15) is 14.7 Å². The molecule has 0 bridgehead atoms. The number of carbonyl (C=O) groups is 2. The smallest absolute Gasteiger partial charge is 0.251 e. The third kappa shape index (κ3) is 5.17. The predicted octanol–water partition coefficient (Wildman–Crippen LogP) is 3.05. The summed E-state index contributed by atoms with van der Waals surface area (Å²) < 4.78 is 0. The first-order valence-electron chi connectivity index (χ1n) is 8.63. The zero-order valence-electron chi connectivity index (χ0n) is 15.7. The minimum absolute atomic E-state index is 0.0561. The van der Waals surface area contributed by atoms with Crippen molar-refractivity contribution in [2.75, 3.05) is 6.61 Å². The molecular weight excluding hydrogens is 328 g/mol. The van der Waals surface area contributed by atoms with Gasteiger partial charge in [-0.25, -0.2) is 0 Å². The summed E-state index contributed by atoms with van der Waals surface area (Å²) in [5.41, 5.74) is 2.80. The number of rotatable bonds is 6. The van der Waals surface area contributed by atoms with E-state index in [1.807, 2.05) is 49.4 Å². The van der Waals surface area contributed by atoms with E-state index in [2.05, 4.69) is 10.6 Å². The first-order chi connectivity index (χ1) is 12.2. The van der Waals surface area contributed by atoms with E-state index < -0.39 is 5.54 Å². The molecule has 0 radical (unpaired) electrons. The number of aliphatic hydroxyl groups excluding tert-OH is 1. The fourth-order valence-electron chi connectivity index (χ4n) is 2.61. The summed E-state index contributed by atoms with van der Waals surface area (Å²) in [5, 5.41) is 15.0. The normalized spacial score (nSPS) is 12.3. The van der Waals surface area contributed by atoms with E-state index in [-0.39, 0.29) is 24.5 Å². The lowest BCUT2D eigenvalue weighted by molar-refractivity contribution is -0.119. The van der Waals surface area contributed by atoms with Gasteiger partial charge in [0.2, 0.25) is 5.91 Å². The molecule has 138 valence electrons. The molecule has 0 aliphatic heterocycles. The van der Waals surface area contributed by atoms with Crippen molar-refractivity contribution in [3.05, 3.63) is 59.7 Å². The molecule has 0 aliphatic carbocycles. The average Bonchev–Trinajstić information content (AvgIpc) is 2.61. The van der Waals surface area contributed by atoms with Crippen molar-refractivity contribution in [1.82, 2.24) is 10.6 Å². The lowest BCUT2D eigenvalue weighted by atomic mass is 9.99. The van der Waals surface area contributed by atoms with Crippen molar-refractivity contribution in [2.45, 2.75) is 39.3 Å². The van der Waals surface area contributed by atoms with Crippen molar-refractivity contribution in [2.24, 2.45) is 0 Å². The van der Waals surface area contributed by atoms with Crippen LogP contribution in [-0.4, -0.2) is 29.1 Å². The van der Waals surface area contributed by atoms with Gasteiger partial charge in [-0.05, 0) is 49.6 Å². The molecule has 0 aliphatic rings. The minimum atomic E-state index is -0.672. The molecule has 0 fully saturated rings. The van der Waals surface area contributed by atoms with E-state index in [1.54, 1.807) is 19.9 Å². The lowest BCUT2D eigenvalue weighted by Crippen LogP contribution is -2.46. The number of carbonyl (C=O) groups excluding carboxylic acids is 2. The molecular formula is C21H26N2O3. The fourth-order valence-corrected chi connectivity index (χ4v) is 2.61. The maximum atomic E-state index is 12.4. The van der Waals surface area contributed by atoms with Crippen LogP contribution in [0.4, 0.5) is 0 Å². The van der Waals surface area contributed by atoms with Crippen molar-refractivity contribution in [3.8, 4) is 11.1 Å². The standard InChI is InChI=1S/C21H26N2O3/c1-14(22-15(2)25)16-8-10-17(11-9-16)18-6-5-7-19(12-18)20(26)23-21(3,4)13-24/h5-12,14,24H,13H2,1-4H3,(H,22,25)(H,23,26). The zero-order valence-corrected chi connectivity index (χ0v) is 15.7. The van der Waals surface area contributed by atoms with Crippen LogP contribution in [0.15, 0.2) is 48.5 Å². The number of hydrogen-bond acceptors (Lipinski definition) is 3. The number of benzene rings is 2. The molecule has 0 aromatic heterocycles. The Kier molecular flexibility index (Phi) is 6.16. The molecule has 3 N–H and O–H groups in total. The molecule has 26 heavy (non-hydrogen) atoms. The Balaban J connectivity index is 2.19. The van der Waals surface area contributed by atoms with Crippen molar-refractivity contribution >= 4 is 11.8 Å². The summed E-state index contributed by atoms with van der Waals surface area (Å²) in [6, 6.07) is 15.2. The Morgan fingerprint density at radius 2 is 1.73 bits per heavy atom. The van der Waals surface area contributed by atoms with Gasteiger partial charge < -0.3 is 15.7 Å². The topological polar surface area (TPSA) is 78.4 Å². The van der Waals surface area contributed by atoms with Crippen LogP contribution in [0.3, 0.4) is 0 Å². The highest BCUT2D eigenvalue weighted by Gasteiger charge is 2.20. The Labute approximate surface area is 154 Å². The maximum absolute atomic E-state index is 12.4.